The van der Waals surface area contributed by atoms with E-state index in [1.165, 1.54) is 12.1 Å². The first-order valence-corrected chi connectivity index (χ1v) is 11.6. The fourth-order valence-corrected chi connectivity index (χ4v) is 3.80. The number of carbonyl (C=O) groups is 1. The quantitative estimate of drug-likeness (QED) is 0.478. The Balaban J connectivity index is 1.69. The summed E-state index contributed by atoms with van der Waals surface area (Å²) in [7, 11) is -3.71. The van der Waals surface area contributed by atoms with Gasteiger partial charge in [0.1, 0.15) is 6.04 Å². The van der Waals surface area contributed by atoms with Crippen LogP contribution in [0.5, 0.6) is 0 Å². The molecule has 0 saturated carbocycles. The number of primary sulfonamides is 1. The summed E-state index contributed by atoms with van der Waals surface area (Å²) in [5.74, 6) is -0.198. The highest BCUT2D eigenvalue weighted by Gasteiger charge is 2.20. The molecule has 3 rings (SSSR count). The van der Waals surface area contributed by atoms with Crippen molar-refractivity contribution in [3.05, 3.63) is 94.5 Å². The van der Waals surface area contributed by atoms with Gasteiger partial charge in [0, 0.05) is 17.3 Å². The summed E-state index contributed by atoms with van der Waals surface area (Å²) < 4.78 is 22.8. The number of benzene rings is 3. The second-order valence-corrected chi connectivity index (χ2v) is 9.16. The highest BCUT2D eigenvalue weighted by atomic mass is 35.5. The predicted octanol–water partition coefficient (Wildman–Crippen LogP) is 3.81. The maximum Gasteiger partial charge on any atom is 0.246 e. The van der Waals surface area contributed by atoms with Crippen molar-refractivity contribution in [3.8, 4) is 0 Å². The van der Waals surface area contributed by atoms with Gasteiger partial charge in [-0.3, -0.25) is 4.79 Å². The van der Waals surface area contributed by atoms with Gasteiger partial charge in [-0.2, -0.15) is 0 Å². The predicted molar refractivity (Wildman–Crippen MR) is 124 cm³/mol. The first-order chi connectivity index (χ1) is 14.7. The molecule has 0 aromatic heterocycles. The van der Waals surface area contributed by atoms with Crippen LogP contribution < -0.4 is 15.8 Å². The summed E-state index contributed by atoms with van der Waals surface area (Å²) in [6, 6.07) is 20.7. The van der Waals surface area contributed by atoms with Crippen LogP contribution in [-0.4, -0.2) is 20.9 Å². The fourth-order valence-electron chi connectivity index (χ4n) is 3.10. The number of nitrogens with two attached hydrogens (primary N) is 1. The van der Waals surface area contributed by atoms with Gasteiger partial charge in [0.15, 0.2) is 0 Å². The Hall–Kier alpha value is -2.71. The van der Waals surface area contributed by atoms with E-state index >= 15 is 0 Å². The van der Waals surface area contributed by atoms with Crippen LogP contribution in [0.15, 0.2) is 77.7 Å². The van der Waals surface area contributed by atoms with Gasteiger partial charge in [0.05, 0.1) is 4.90 Å². The lowest BCUT2D eigenvalue weighted by Crippen LogP contribution is -2.34. The zero-order chi connectivity index (χ0) is 22.4. The number of aryl methyl sites for hydroxylation is 1. The number of hydrogen-bond acceptors (Lipinski definition) is 4. The molecule has 0 saturated heterocycles. The van der Waals surface area contributed by atoms with E-state index in [1.54, 1.807) is 18.2 Å². The highest BCUT2D eigenvalue weighted by molar-refractivity contribution is 7.89. The number of nitrogens with one attached hydrogen (secondary N) is 2. The summed E-state index contributed by atoms with van der Waals surface area (Å²) in [5, 5.41) is 11.9. The third-order valence-electron chi connectivity index (χ3n) is 4.85. The third-order valence-corrected chi connectivity index (χ3v) is 6.18. The number of anilines is 1. The molecule has 1 amide bonds. The molecule has 6 nitrogen and oxygen atoms in total. The van der Waals surface area contributed by atoms with Crippen LogP contribution in [0.1, 0.15) is 22.7 Å². The Labute approximate surface area is 187 Å². The molecule has 0 aliphatic rings. The minimum absolute atomic E-state index is 0.0718. The molecule has 162 valence electrons. The highest BCUT2D eigenvalue weighted by Crippen LogP contribution is 2.22. The largest absolute Gasteiger partial charge is 0.324 e. The molecule has 8 heteroatoms. The first kappa shape index (κ1) is 23.0. The van der Waals surface area contributed by atoms with Crippen molar-refractivity contribution in [2.45, 2.75) is 24.3 Å². The number of carbonyl (C=O) groups excluding carboxylic acids is 1. The van der Waals surface area contributed by atoms with Crippen molar-refractivity contribution in [1.82, 2.24) is 5.32 Å². The Morgan fingerprint density at radius 1 is 1.03 bits per heavy atom. The van der Waals surface area contributed by atoms with Crippen molar-refractivity contribution >= 4 is 33.2 Å². The molecule has 3 aromatic rings. The van der Waals surface area contributed by atoms with E-state index in [2.05, 4.69) is 10.6 Å². The molecule has 0 radical (unpaired) electrons. The molecular weight excluding hydrogens is 434 g/mol. The van der Waals surface area contributed by atoms with Crippen LogP contribution in [0.3, 0.4) is 0 Å². The number of rotatable bonds is 8. The van der Waals surface area contributed by atoms with Crippen LogP contribution in [0.2, 0.25) is 5.02 Å². The molecule has 0 bridgehead atoms. The molecular formula is C23H24ClN3O3S. The molecule has 3 aromatic carbocycles. The Morgan fingerprint density at radius 2 is 1.71 bits per heavy atom. The summed E-state index contributed by atoms with van der Waals surface area (Å²) >= 11 is 6.17. The molecule has 0 fully saturated rings. The van der Waals surface area contributed by atoms with Crippen LogP contribution >= 0.6 is 11.6 Å². The monoisotopic (exact) mass is 457 g/mol. The van der Waals surface area contributed by atoms with E-state index in [4.69, 9.17) is 16.7 Å². The van der Waals surface area contributed by atoms with Gasteiger partial charge >= 0.3 is 0 Å². The summed E-state index contributed by atoms with van der Waals surface area (Å²) in [4.78, 5) is 13.1. The topological polar surface area (TPSA) is 101 Å². The third kappa shape index (κ3) is 6.38. The summed E-state index contributed by atoms with van der Waals surface area (Å²) in [5.41, 5.74) is 3.33. The Bertz CT molecular complexity index is 1150. The Kier molecular flexibility index (Phi) is 7.46. The smallest absolute Gasteiger partial charge is 0.246 e. The lowest BCUT2D eigenvalue weighted by Gasteiger charge is -2.19. The molecule has 1 atom stereocenters. The van der Waals surface area contributed by atoms with Crippen molar-refractivity contribution in [3.63, 3.8) is 0 Å². The van der Waals surface area contributed by atoms with Crippen LogP contribution in [-0.2, 0) is 21.2 Å². The first-order valence-electron chi connectivity index (χ1n) is 9.71. The standard InChI is InChI=1S/C23H24ClN3O3S/c1-16-7-10-19(15-21(16)24)27-23(28)22(18-5-3-2-4-6-18)26-14-13-17-8-11-20(12-9-17)31(25,29)30/h2-12,15,22,26H,13-14H2,1H3,(H,27,28)(H2,25,29,30). The van der Waals surface area contributed by atoms with Crippen molar-refractivity contribution in [2.24, 2.45) is 5.14 Å². The second kappa shape index (κ2) is 10.1. The normalized spacial score (nSPS) is 12.4. The minimum atomic E-state index is -3.71. The van der Waals surface area contributed by atoms with Crippen LogP contribution in [0, 0.1) is 6.92 Å². The maximum atomic E-state index is 13.0. The van der Waals surface area contributed by atoms with E-state index < -0.39 is 16.1 Å². The molecule has 0 aliphatic heterocycles. The van der Waals surface area contributed by atoms with Gasteiger partial charge in [0.2, 0.25) is 15.9 Å². The molecule has 0 heterocycles. The number of hydrogen-bond donors (Lipinski definition) is 3. The Morgan fingerprint density at radius 3 is 2.32 bits per heavy atom. The number of amides is 1. The van der Waals surface area contributed by atoms with Gasteiger partial charge in [0.25, 0.3) is 0 Å². The lowest BCUT2D eigenvalue weighted by molar-refractivity contribution is -0.118. The average molecular weight is 458 g/mol. The average Bonchev–Trinajstić information content (AvgIpc) is 2.74. The van der Waals surface area contributed by atoms with E-state index in [9.17, 15) is 13.2 Å². The molecule has 1 unspecified atom stereocenters. The van der Waals surface area contributed by atoms with Crippen molar-refractivity contribution in [1.29, 1.82) is 0 Å². The molecule has 0 aliphatic carbocycles. The van der Waals surface area contributed by atoms with Crippen LogP contribution in [0.25, 0.3) is 0 Å². The summed E-state index contributed by atoms with van der Waals surface area (Å²) in [6.45, 7) is 2.41. The van der Waals surface area contributed by atoms with E-state index in [0.717, 1.165) is 16.7 Å². The maximum absolute atomic E-state index is 13.0. The van der Waals surface area contributed by atoms with E-state index in [1.807, 2.05) is 49.4 Å². The molecule has 31 heavy (non-hydrogen) atoms. The van der Waals surface area contributed by atoms with Crippen molar-refractivity contribution in [2.75, 3.05) is 11.9 Å². The SMILES string of the molecule is Cc1ccc(NC(=O)C(NCCc2ccc(S(N)(=O)=O)cc2)c2ccccc2)cc1Cl. The van der Waals surface area contributed by atoms with Gasteiger partial charge in [-0.1, -0.05) is 60.1 Å². The zero-order valence-electron chi connectivity index (χ0n) is 17.0. The number of halogens is 1. The van der Waals surface area contributed by atoms with Gasteiger partial charge < -0.3 is 10.6 Å². The fraction of sp³-hybridized carbons (Fsp3) is 0.174. The summed E-state index contributed by atoms with van der Waals surface area (Å²) in [6.07, 6.45) is 0.609. The minimum Gasteiger partial charge on any atom is -0.324 e. The van der Waals surface area contributed by atoms with Gasteiger partial charge in [-0.25, -0.2) is 13.6 Å². The number of sulfonamides is 1. The second-order valence-electron chi connectivity index (χ2n) is 7.19. The molecule has 4 N–H and O–H groups in total. The van der Waals surface area contributed by atoms with E-state index in [-0.39, 0.29) is 10.8 Å². The zero-order valence-corrected chi connectivity index (χ0v) is 18.6. The van der Waals surface area contributed by atoms with E-state index in [0.29, 0.717) is 23.7 Å². The lowest BCUT2D eigenvalue weighted by atomic mass is 10.1. The van der Waals surface area contributed by atoms with Gasteiger partial charge in [-0.05, 0) is 54.3 Å². The molecule has 0 spiro atoms. The van der Waals surface area contributed by atoms with Crippen LogP contribution in [0.4, 0.5) is 5.69 Å². The van der Waals surface area contributed by atoms with Crippen molar-refractivity contribution < 1.29 is 13.2 Å². The van der Waals surface area contributed by atoms with Gasteiger partial charge in [-0.15, -0.1) is 0 Å².